The van der Waals surface area contributed by atoms with Crippen LogP contribution in [0.15, 0.2) is 23.1 Å². The lowest BCUT2D eigenvalue weighted by Crippen LogP contribution is -2.26. The molecule has 1 saturated heterocycles. The molecule has 0 spiro atoms. The van der Waals surface area contributed by atoms with Crippen molar-refractivity contribution < 1.29 is 46.2 Å². The van der Waals surface area contributed by atoms with Crippen LogP contribution in [0.4, 0.5) is 18.9 Å². The van der Waals surface area contributed by atoms with Crippen molar-refractivity contribution in [2.75, 3.05) is 11.9 Å². The Kier molecular flexibility index (Phi) is 8.58. The summed E-state index contributed by atoms with van der Waals surface area (Å²) in [5, 5.41) is 21.6. The van der Waals surface area contributed by atoms with Gasteiger partial charge in [0.05, 0.1) is 16.1 Å². The van der Waals surface area contributed by atoms with Gasteiger partial charge in [-0.2, -0.15) is 13.2 Å². The molecular weight excluding hydrogens is 445 g/mol. The van der Waals surface area contributed by atoms with Crippen molar-refractivity contribution in [2.45, 2.75) is 49.6 Å². The summed E-state index contributed by atoms with van der Waals surface area (Å²) >= 11 is 0. The number of carbonyl (C=O) groups excluding carboxylic acids is 1. The molecule has 0 radical (unpaired) electrons. The first-order valence-corrected chi connectivity index (χ1v) is 10.5. The highest BCUT2D eigenvalue weighted by Gasteiger charge is 2.38. The van der Waals surface area contributed by atoms with Crippen LogP contribution in [0.25, 0.3) is 0 Å². The SMILES string of the molecule is CC(=O)Nc1ccc(S(=O)(=O)C(C)C)c(C2NCCC2C(=O)O)c1.O=C(O)C(F)(F)F. The fourth-order valence-corrected chi connectivity index (χ4v) is 4.16. The summed E-state index contributed by atoms with van der Waals surface area (Å²) in [5.41, 5.74) is 0.831. The van der Waals surface area contributed by atoms with Crippen LogP contribution in [-0.4, -0.2) is 54.4 Å². The van der Waals surface area contributed by atoms with Crippen LogP contribution in [0.2, 0.25) is 0 Å². The first-order chi connectivity index (χ1) is 14.1. The number of benzene rings is 1. The van der Waals surface area contributed by atoms with Gasteiger partial charge in [-0.3, -0.25) is 9.59 Å². The largest absolute Gasteiger partial charge is 0.490 e. The molecule has 174 valence electrons. The first-order valence-electron chi connectivity index (χ1n) is 9.00. The Morgan fingerprint density at radius 2 is 1.74 bits per heavy atom. The van der Waals surface area contributed by atoms with E-state index in [0.717, 1.165) is 0 Å². The summed E-state index contributed by atoms with van der Waals surface area (Å²) < 4.78 is 57.1. The molecule has 4 N–H and O–H groups in total. The quantitative estimate of drug-likeness (QED) is 0.514. The number of carboxylic acids is 2. The number of sulfone groups is 1. The third-order valence-electron chi connectivity index (χ3n) is 4.37. The van der Waals surface area contributed by atoms with Gasteiger partial charge >= 0.3 is 18.1 Å². The second kappa shape index (κ2) is 10.1. The van der Waals surface area contributed by atoms with Gasteiger partial charge in [-0.15, -0.1) is 0 Å². The molecule has 9 nitrogen and oxygen atoms in total. The first kappa shape index (κ1) is 26.4. The Bertz CT molecular complexity index is 946. The fraction of sp³-hybridized carbons (Fsp3) is 0.500. The molecule has 0 saturated carbocycles. The molecule has 1 aliphatic heterocycles. The minimum atomic E-state index is -5.08. The van der Waals surface area contributed by atoms with E-state index in [2.05, 4.69) is 10.6 Å². The van der Waals surface area contributed by atoms with Crippen LogP contribution in [0, 0.1) is 5.92 Å². The molecule has 1 fully saturated rings. The van der Waals surface area contributed by atoms with Crippen LogP contribution in [-0.2, 0) is 24.2 Å². The minimum absolute atomic E-state index is 0.109. The van der Waals surface area contributed by atoms with Crippen molar-refractivity contribution in [3.8, 4) is 0 Å². The van der Waals surface area contributed by atoms with Gasteiger partial charge in [0.25, 0.3) is 0 Å². The number of amides is 1. The zero-order valence-corrected chi connectivity index (χ0v) is 17.7. The van der Waals surface area contributed by atoms with E-state index in [1.165, 1.54) is 19.1 Å². The second-order valence-electron chi connectivity index (χ2n) is 7.00. The van der Waals surface area contributed by atoms with E-state index >= 15 is 0 Å². The van der Waals surface area contributed by atoms with Crippen molar-refractivity contribution in [1.82, 2.24) is 5.32 Å². The highest BCUT2D eigenvalue weighted by Crippen LogP contribution is 2.36. The lowest BCUT2D eigenvalue weighted by atomic mass is 9.94. The minimum Gasteiger partial charge on any atom is -0.481 e. The topological polar surface area (TPSA) is 150 Å². The molecule has 1 aromatic rings. The van der Waals surface area contributed by atoms with E-state index in [1.54, 1.807) is 19.9 Å². The molecule has 13 heteroatoms. The van der Waals surface area contributed by atoms with E-state index in [0.29, 0.717) is 24.2 Å². The molecule has 2 unspecified atom stereocenters. The third kappa shape index (κ3) is 6.92. The molecule has 0 bridgehead atoms. The van der Waals surface area contributed by atoms with Crippen LogP contribution < -0.4 is 10.6 Å². The monoisotopic (exact) mass is 468 g/mol. The predicted octanol–water partition coefficient (Wildman–Crippen LogP) is 2.20. The van der Waals surface area contributed by atoms with Crippen molar-refractivity contribution in [2.24, 2.45) is 5.92 Å². The Hall–Kier alpha value is -2.67. The number of carbonyl (C=O) groups is 3. The van der Waals surface area contributed by atoms with Gasteiger partial charge in [0, 0.05) is 18.7 Å². The van der Waals surface area contributed by atoms with Gasteiger partial charge in [0.15, 0.2) is 9.84 Å². The highest BCUT2D eigenvalue weighted by molar-refractivity contribution is 7.92. The number of alkyl halides is 3. The van der Waals surface area contributed by atoms with Gasteiger partial charge in [-0.25, -0.2) is 13.2 Å². The summed E-state index contributed by atoms with van der Waals surface area (Å²) in [7, 11) is -3.58. The number of hydrogen-bond donors (Lipinski definition) is 4. The maximum atomic E-state index is 12.7. The molecule has 1 aromatic carbocycles. The van der Waals surface area contributed by atoms with Gasteiger partial charge in [0.1, 0.15) is 0 Å². The zero-order valence-electron chi connectivity index (χ0n) is 16.9. The number of hydrogen-bond acceptors (Lipinski definition) is 6. The van der Waals surface area contributed by atoms with Crippen molar-refractivity contribution in [3.05, 3.63) is 23.8 Å². The summed E-state index contributed by atoms with van der Waals surface area (Å²) in [6.45, 7) is 5.01. The highest BCUT2D eigenvalue weighted by atomic mass is 32.2. The Balaban J connectivity index is 0.000000592. The van der Waals surface area contributed by atoms with E-state index in [-0.39, 0.29) is 10.8 Å². The van der Waals surface area contributed by atoms with Crippen molar-refractivity contribution >= 4 is 33.4 Å². The van der Waals surface area contributed by atoms with Crippen molar-refractivity contribution in [1.29, 1.82) is 0 Å². The van der Waals surface area contributed by atoms with Crippen LogP contribution in [0.3, 0.4) is 0 Å². The van der Waals surface area contributed by atoms with Gasteiger partial charge in [0.2, 0.25) is 5.91 Å². The molecular formula is C18H23F3N2O7S. The molecule has 0 aromatic heterocycles. The van der Waals surface area contributed by atoms with Crippen molar-refractivity contribution in [3.63, 3.8) is 0 Å². The normalized spacial score (nSPS) is 18.8. The number of anilines is 1. The summed E-state index contributed by atoms with van der Waals surface area (Å²) in [4.78, 5) is 31.8. The number of nitrogens with one attached hydrogen (secondary N) is 2. The smallest absolute Gasteiger partial charge is 0.481 e. The molecule has 0 aliphatic carbocycles. The summed E-state index contributed by atoms with van der Waals surface area (Å²) in [5.74, 6) is -4.72. The number of aliphatic carboxylic acids is 2. The molecule has 1 aliphatic rings. The Morgan fingerprint density at radius 3 is 2.16 bits per heavy atom. The van der Waals surface area contributed by atoms with E-state index < -0.39 is 45.2 Å². The second-order valence-corrected chi connectivity index (χ2v) is 9.47. The maximum Gasteiger partial charge on any atom is 0.490 e. The van der Waals surface area contributed by atoms with Gasteiger partial charge in [-0.1, -0.05) is 0 Å². The lowest BCUT2D eigenvalue weighted by Gasteiger charge is -2.22. The Morgan fingerprint density at radius 1 is 1.19 bits per heavy atom. The maximum absolute atomic E-state index is 12.7. The molecule has 2 atom stereocenters. The summed E-state index contributed by atoms with van der Waals surface area (Å²) in [6.07, 6.45) is -4.66. The molecule has 1 amide bonds. The predicted molar refractivity (Wildman–Crippen MR) is 103 cm³/mol. The number of rotatable bonds is 5. The van der Waals surface area contributed by atoms with Gasteiger partial charge in [-0.05, 0) is 50.6 Å². The fourth-order valence-electron chi connectivity index (χ4n) is 2.88. The Labute approximate surface area is 176 Å². The zero-order chi connectivity index (χ0) is 24.1. The van der Waals surface area contributed by atoms with E-state index in [9.17, 15) is 36.3 Å². The lowest BCUT2D eigenvalue weighted by molar-refractivity contribution is -0.192. The average molecular weight is 468 g/mol. The third-order valence-corrected chi connectivity index (χ3v) is 6.60. The number of carboxylic acid groups (broad SMARTS) is 2. The van der Waals surface area contributed by atoms with Crippen LogP contribution in [0.5, 0.6) is 0 Å². The number of halogens is 3. The molecule has 31 heavy (non-hydrogen) atoms. The van der Waals surface area contributed by atoms with Crippen LogP contribution >= 0.6 is 0 Å². The standard InChI is InChI=1S/C16H22N2O5S.C2HF3O2/c1-9(2)24(22,23)14-5-4-11(18-10(3)19)8-13(14)15-12(16(20)21)6-7-17-15;3-2(4,5)1(6)7/h4-5,8-9,12,15,17H,6-7H2,1-3H3,(H,18,19)(H,20,21);(H,6,7). The van der Waals surface area contributed by atoms with E-state index in [4.69, 9.17) is 9.90 Å². The van der Waals surface area contributed by atoms with Crippen LogP contribution in [0.1, 0.15) is 38.8 Å². The molecule has 2 rings (SSSR count). The van der Waals surface area contributed by atoms with Gasteiger partial charge < -0.3 is 20.8 Å². The summed E-state index contributed by atoms with van der Waals surface area (Å²) in [6, 6.07) is 3.90. The average Bonchev–Trinajstić information content (AvgIpc) is 3.10. The van der Waals surface area contributed by atoms with E-state index in [1.807, 2.05) is 0 Å². The molecule has 1 heterocycles.